The molecule has 4 fully saturated rings. The highest BCUT2D eigenvalue weighted by Crippen LogP contribution is 2.33. The van der Waals surface area contributed by atoms with Gasteiger partial charge in [-0.25, -0.2) is 34.1 Å². The van der Waals surface area contributed by atoms with Crippen LogP contribution in [0, 0.1) is 28.6 Å². The molecule has 4 aliphatic rings. The van der Waals surface area contributed by atoms with Gasteiger partial charge in [0, 0.05) is 77.5 Å². The number of nitriles is 2. The molecule has 6 heterocycles. The van der Waals surface area contributed by atoms with Gasteiger partial charge in [-0.2, -0.15) is 10.5 Å². The summed E-state index contributed by atoms with van der Waals surface area (Å²) in [6, 6.07) is 9.79. The summed E-state index contributed by atoms with van der Waals surface area (Å²) in [4.78, 5) is 68.8. The first-order valence-corrected chi connectivity index (χ1v) is 29.7. The van der Waals surface area contributed by atoms with Gasteiger partial charge in [-0.1, -0.05) is 25.1 Å². The summed E-state index contributed by atoms with van der Waals surface area (Å²) in [5.41, 5.74) is 4.33. The molecule has 1 amide bonds. The second-order valence-corrected chi connectivity index (χ2v) is 22.4. The number of allylic oxidation sites excluding steroid dienone is 1. The van der Waals surface area contributed by atoms with Crippen molar-refractivity contribution in [1.29, 1.82) is 10.5 Å². The lowest BCUT2D eigenvalue weighted by Crippen LogP contribution is -2.38. The van der Waals surface area contributed by atoms with Gasteiger partial charge in [0.25, 0.3) is 0 Å². The van der Waals surface area contributed by atoms with E-state index in [-0.39, 0.29) is 54.5 Å². The Labute approximate surface area is 506 Å². The number of hydrogen-bond donors (Lipinski definition) is 9. The van der Waals surface area contributed by atoms with Crippen LogP contribution in [0.15, 0.2) is 68.0 Å². The summed E-state index contributed by atoms with van der Waals surface area (Å²) in [7, 11) is 0. The van der Waals surface area contributed by atoms with Crippen LogP contribution < -0.4 is 16.0 Å². The first-order chi connectivity index (χ1) is 41.2. The minimum Gasteiger partial charge on any atom is -0.462 e. The average molecular weight is 1210 g/mol. The fraction of sp³-hybridized carbons (Fsp3) is 0.532. The Morgan fingerprint density at radius 2 is 1.09 bits per heavy atom. The number of aliphatic hydroxyl groups is 3. The van der Waals surface area contributed by atoms with Crippen molar-refractivity contribution in [3.05, 3.63) is 89.7 Å². The molecule has 8 unspecified atom stereocenters. The average Bonchev–Trinajstić information content (AvgIpc) is 1.79. The summed E-state index contributed by atoms with van der Waals surface area (Å²) in [5, 5.41) is 56.4. The lowest BCUT2D eigenvalue weighted by Gasteiger charge is -2.21. The molecule has 0 saturated heterocycles. The zero-order valence-corrected chi connectivity index (χ0v) is 51.0. The maximum absolute atomic E-state index is 12.3. The number of rotatable bonds is 14. The summed E-state index contributed by atoms with van der Waals surface area (Å²) < 4.78 is 26.0. The van der Waals surface area contributed by atoms with E-state index < -0.39 is 17.7 Å². The van der Waals surface area contributed by atoms with Crippen molar-refractivity contribution in [2.24, 2.45) is 5.92 Å². The molecular weight excluding hydrogens is 1130 g/mol. The number of carbonyl (C=O) groups is 4. The summed E-state index contributed by atoms with van der Waals surface area (Å²) in [6.07, 6.45) is 21.3. The van der Waals surface area contributed by atoms with Gasteiger partial charge in [0.1, 0.15) is 33.7 Å². The van der Waals surface area contributed by atoms with Crippen LogP contribution in [0.25, 0.3) is 33.1 Å². The minimum atomic E-state index is -0.457. The van der Waals surface area contributed by atoms with Crippen molar-refractivity contribution in [2.75, 3.05) is 37.1 Å². The Bertz CT molecular complexity index is 3210. The molecule has 24 heteroatoms. The molecule has 10 rings (SSSR count). The van der Waals surface area contributed by atoms with Gasteiger partial charge in [-0.15, -0.1) is 0 Å². The number of ether oxygens (including phenoxy) is 5. The highest BCUT2D eigenvalue weighted by atomic mass is 35.5. The molecule has 0 aliphatic heterocycles. The van der Waals surface area contributed by atoms with Crippen LogP contribution in [0.4, 0.5) is 16.2 Å². The maximum atomic E-state index is 12.3. The lowest BCUT2D eigenvalue weighted by molar-refractivity contribution is 0.0495. The zero-order chi connectivity index (χ0) is 62.8. The minimum absolute atomic E-state index is 0.0231. The maximum Gasteiger partial charge on any atom is 0.407 e. The van der Waals surface area contributed by atoms with Crippen molar-refractivity contribution in [3.8, 4) is 12.1 Å². The number of nitrogens with one attached hydrogen (secondary N) is 6. The van der Waals surface area contributed by atoms with E-state index in [2.05, 4.69) is 65.4 Å². The van der Waals surface area contributed by atoms with E-state index in [9.17, 15) is 29.4 Å². The fourth-order valence-corrected chi connectivity index (χ4v) is 10.4. The molecule has 6 aromatic rings. The van der Waals surface area contributed by atoms with Crippen LogP contribution in [0.5, 0.6) is 0 Å². The third-order valence-corrected chi connectivity index (χ3v) is 14.5. The molecule has 0 aromatic carbocycles. The zero-order valence-electron chi connectivity index (χ0n) is 50.3. The van der Waals surface area contributed by atoms with Crippen molar-refractivity contribution < 1.29 is 58.2 Å². The fourth-order valence-electron chi connectivity index (χ4n) is 10.1. The summed E-state index contributed by atoms with van der Waals surface area (Å²) in [6.45, 7) is 17.5. The molecule has 86 heavy (non-hydrogen) atoms. The third-order valence-electron chi connectivity index (χ3n) is 14.1. The Hall–Kier alpha value is -7.80. The highest BCUT2D eigenvalue weighted by molar-refractivity contribution is 6.38. The number of alkyl carbamates (subject to hydrolysis) is 1. The van der Waals surface area contributed by atoms with Gasteiger partial charge in [-0.05, 0) is 143 Å². The number of anilines is 2. The quantitative estimate of drug-likeness (QED) is 0.0212. The molecule has 23 nitrogen and oxygen atoms in total. The Balaban J connectivity index is 0.000000201. The lowest BCUT2D eigenvalue weighted by atomic mass is 10.1. The van der Waals surface area contributed by atoms with Gasteiger partial charge in [0.05, 0.1) is 91.4 Å². The first kappa shape index (κ1) is 69.0. The van der Waals surface area contributed by atoms with E-state index in [4.69, 9.17) is 50.9 Å². The second-order valence-electron chi connectivity index (χ2n) is 22.0. The van der Waals surface area contributed by atoms with E-state index in [0.29, 0.717) is 73.1 Å². The second kappa shape index (κ2) is 35.0. The smallest absolute Gasteiger partial charge is 0.407 e. The van der Waals surface area contributed by atoms with E-state index in [1.807, 2.05) is 32.9 Å². The number of hydrogen-bond acceptors (Lipinski definition) is 19. The largest absolute Gasteiger partial charge is 0.462 e. The number of H-pyrrole nitrogens is 3. The summed E-state index contributed by atoms with van der Waals surface area (Å²) >= 11 is 6.05. The van der Waals surface area contributed by atoms with Crippen molar-refractivity contribution >= 4 is 80.1 Å². The molecular formula is C62H84ClN11O12. The van der Waals surface area contributed by atoms with Crippen molar-refractivity contribution in [2.45, 2.75) is 180 Å². The predicted octanol–water partition coefficient (Wildman–Crippen LogP) is 10.7. The standard InChI is InChI=1S/C18H22N4O3.C15H19N3O3.C10H9ClN2O2.C10H19NO3.C6H12O.C3H3N/c1-2-24-18(23)15-11-21-17-14(6-8-20-17)16(15)22-12-4-5-13(10-12)25-9-3-7-19;1-2-21-15(20)12-8-17-14-11(5-6-16-14)13(12)18-9-3-4-10(19)7-9;1-2-15-10(14)7-5-13-9-6(8(7)11)3-4-12-9;1-10(2,3)14-9(13)11-7-4-5-8(12)6-7;1-5-2-3-6(7)4-5;1-2-3-4/h6,8,11-13H,2-5,9-10H2,1H3,(H2,20,21,22);5-6,8-10,19H,2-4,7H2,1H3,(H2,16,17,18);3-5H,2H2,1H3,(H,12,13);7-8,12H,4-6H2,1-3H3,(H,11,13);5-7H,2-4H2,1H3;2H,1H2. The topological polar surface area (TPSA) is 345 Å². The molecule has 0 bridgehead atoms. The molecule has 8 atom stereocenters. The Morgan fingerprint density at radius 1 is 0.663 bits per heavy atom. The number of esters is 3. The van der Waals surface area contributed by atoms with E-state index in [0.717, 1.165) is 103 Å². The number of aliphatic hydroxyl groups excluding tert-OH is 3. The van der Waals surface area contributed by atoms with Gasteiger partial charge in [0.2, 0.25) is 0 Å². The Kier molecular flexibility index (Phi) is 28.1. The molecule has 4 saturated carbocycles. The summed E-state index contributed by atoms with van der Waals surface area (Å²) in [5.74, 6) is -0.428. The molecule has 4 aliphatic carbocycles. The van der Waals surface area contributed by atoms with Crippen LogP contribution in [-0.2, 0) is 23.7 Å². The van der Waals surface area contributed by atoms with Gasteiger partial charge >= 0.3 is 24.0 Å². The van der Waals surface area contributed by atoms with Crippen LogP contribution in [0.1, 0.15) is 163 Å². The number of halogens is 1. The van der Waals surface area contributed by atoms with Gasteiger partial charge in [0.15, 0.2) is 0 Å². The number of nitrogens with zero attached hydrogens (tertiary/aromatic N) is 5. The van der Waals surface area contributed by atoms with Crippen LogP contribution in [0.3, 0.4) is 0 Å². The predicted molar refractivity (Wildman–Crippen MR) is 328 cm³/mol. The number of aromatic amines is 3. The first-order valence-electron chi connectivity index (χ1n) is 29.3. The molecule has 466 valence electrons. The van der Waals surface area contributed by atoms with Gasteiger partial charge in [-0.3, -0.25) is 0 Å². The SMILES string of the molecule is C=CC#N.CC(C)(C)OC(=O)NC1CCC(O)C1.CC1CCC(O)C1.CCOC(=O)c1cnc2[nH]ccc2c1Cl.CCOC(=O)c1cnc2[nH]ccc2c1NC1CCC(O)C1.CCOC(=O)c1cnc2[nH]ccc2c1NC1CCC(OCCC#N)C1. The Morgan fingerprint density at radius 3 is 1.51 bits per heavy atom. The number of pyridine rings is 3. The molecule has 0 spiro atoms. The van der Waals surface area contributed by atoms with Crippen LogP contribution >= 0.6 is 11.6 Å². The molecule has 9 N–H and O–H groups in total. The highest BCUT2D eigenvalue weighted by Gasteiger charge is 2.30. The van der Waals surface area contributed by atoms with E-state index in [1.165, 1.54) is 24.9 Å². The number of aromatic nitrogens is 6. The number of carbonyl (C=O) groups excluding carboxylic acids is 4. The van der Waals surface area contributed by atoms with Crippen LogP contribution in [-0.4, -0.2) is 144 Å². The monoisotopic (exact) mass is 1210 g/mol. The van der Waals surface area contributed by atoms with E-state index in [1.54, 1.807) is 57.7 Å². The van der Waals surface area contributed by atoms with Crippen molar-refractivity contribution in [1.82, 2.24) is 35.2 Å². The van der Waals surface area contributed by atoms with E-state index >= 15 is 0 Å². The normalized spacial score (nSPS) is 20.9. The van der Waals surface area contributed by atoms with Crippen LogP contribution in [0.2, 0.25) is 5.02 Å². The van der Waals surface area contributed by atoms with Gasteiger partial charge < -0.3 is 69.9 Å². The molecule has 0 radical (unpaired) electrons. The third kappa shape index (κ3) is 21.6. The molecule has 6 aromatic heterocycles. The van der Waals surface area contributed by atoms with Crippen molar-refractivity contribution in [3.63, 3.8) is 0 Å². The number of amides is 1. The number of fused-ring (bicyclic) bond motifs is 3.